The van der Waals surface area contributed by atoms with Gasteiger partial charge < -0.3 is 4.90 Å². The fraction of sp³-hybridized carbons (Fsp3) is 0.368. The van der Waals surface area contributed by atoms with E-state index in [0.29, 0.717) is 4.32 Å². The first kappa shape index (κ1) is 18.5. The van der Waals surface area contributed by atoms with Crippen LogP contribution in [0.3, 0.4) is 0 Å². The molecule has 0 unspecified atom stereocenters. The topological polar surface area (TPSA) is 23.6 Å². The predicted octanol–water partition coefficient (Wildman–Crippen LogP) is 5.31. The Kier molecular flexibility index (Phi) is 5.92. The molecule has 1 aromatic rings. The van der Waals surface area contributed by atoms with E-state index in [-0.39, 0.29) is 5.91 Å². The molecule has 2 aliphatic rings. The maximum absolute atomic E-state index is 12.5. The van der Waals surface area contributed by atoms with Gasteiger partial charge in [0.15, 0.2) is 0 Å². The Morgan fingerprint density at radius 3 is 2.68 bits per heavy atom. The number of nitrogens with zero attached hydrogens (tertiary/aromatic N) is 2. The van der Waals surface area contributed by atoms with Crippen molar-refractivity contribution in [3.63, 3.8) is 0 Å². The van der Waals surface area contributed by atoms with Gasteiger partial charge in [0.1, 0.15) is 4.32 Å². The molecule has 1 fully saturated rings. The number of rotatable bonds is 5. The van der Waals surface area contributed by atoms with Crippen LogP contribution >= 0.6 is 35.7 Å². The Bertz CT molecular complexity index is 770. The minimum absolute atomic E-state index is 0.0414. The molecule has 0 aliphatic carbocycles. The van der Waals surface area contributed by atoms with Crippen molar-refractivity contribution < 1.29 is 4.79 Å². The van der Waals surface area contributed by atoms with Gasteiger partial charge in [0.05, 0.1) is 15.6 Å². The van der Waals surface area contributed by atoms with E-state index in [1.807, 2.05) is 6.08 Å². The Morgan fingerprint density at radius 2 is 1.96 bits per heavy atom. The van der Waals surface area contributed by atoms with Crippen molar-refractivity contribution in [3.05, 3.63) is 45.8 Å². The molecular weight excluding hydrogens is 368 g/mol. The van der Waals surface area contributed by atoms with Gasteiger partial charge in [0.2, 0.25) is 0 Å². The molecule has 0 spiro atoms. The lowest BCUT2D eigenvalue weighted by molar-refractivity contribution is -0.122. The third-order valence-corrected chi connectivity index (χ3v) is 6.70. The molecule has 2 heterocycles. The van der Waals surface area contributed by atoms with Crippen LogP contribution in [-0.4, -0.2) is 28.2 Å². The van der Waals surface area contributed by atoms with Crippen molar-refractivity contribution in [3.8, 4) is 0 Å². The monoisotopic (exact) mass is 390 g/mol. The molecular formula is C19H22N2OS3. The number of carbonyl (C=O) groups excluding carboxylic acids is 1. The molecule has 1 saturated heterocycles. The van der Waals surface area contributed by atoms with Gasteiger partial charge in [-0.1, -0.05) is 55.2 Å². The van der Waals surface area contributed by atoms with E-state index in [1.54, 1.807) is 16.7 Å². The number of anilines is 1. The Morgan fingerprint density at radius 1 is 1.16 bits per heavy atom. The minimum Gasteiger partial charge on any atom is -0.335 e. The molecule has 1 amide bonds. The Balaban J connectivity index is 1.81. The van der Waals surface area contributed by atoms with Gasteiger partial charge in [0.25, 0.3) is 5.91 Å². The lowest BCUT2D eigenvalue weighted by Crippen LogP contribution is -2.28. The molecule has 3 rings (SSSR count). The zero-order valence-electron chi connectivity index (χ0n) is 14.7. The summed E-state index contributed by atoms with van der Waals surface area (Å²) in [5.74, 6) is 0.0414. The molecule has 0 atom stereocenters. The average molecular weight is 391 g/mol. The third kappa shape index (κ3) is 3.81. The highest BCUT2D eigenvalue weighted by molar-refractivity contribution is 8.26. The van der Waals surface area contributed by atoms with E-state index in [0.717, 1.165) is 35.9 Å². The smallest absolute Gasteiger partial charge is 0.266 e. The number of thiocarbonyl (C=S) groups is 1. The van der Waals surface area contributed by atoms with Gasteiger partial charge in [-0.2, -0.15) is 0 Å². The number of hydrogen-bond donors (Lipinski definition) is 0. The van der Waals surface area contributed by atoms with Crippen molar-refractivity contribution >= 4 is 51.7 Å². The maximum Gasteiger partial charge on any atom is 0.266 e. The summed E-state index contributed by atoms with van der Waals surface area (Å²) in [6.45, 7) is 8.00. The highest BCUT2D eigenvalue weighted by atomic mass is 32.2. The maximum atomic E-state index is 12.5. The summed E-state index contributed by atoms with van der Waals surface area (Å²) in [6.07, 6.45) is 6.01. The molecule has 0 saturated carbocycles. The lowest BCUT2D eigenvalue weighted by Gasteiger charge is -2.17. The lowest BCUT2D eigenvalue weighted by atomic mass is 10.2. The summed E-state index contributed by atoms with van der Waals surface area (Å²) >= 11 is 8.53. The molecule has 6 heteroatoms. The van der Waals surface area contributed by atoms with Crippen LogP contribution < -0.4 is 4.90 Å². The summed E-state index contributed by atoms with van der Waals surface area (Å²) in [5.41, 5.74) is 2.51. The number of benzene rings is 1. The average Bonchev–Trinajstić information content (AvgIpc) is 3.07. The zero-order chi connectivity index (χ0) is 18.0. The highest BCUT2D eigenvalue weighted by Gasteiger charge is 2.31. The zero-order valence-corrected chi connectivity index (χ0v) is 17.2. The molecule has 25 heavy (non-hydrogen) atoms. The Hall–Kier alpha value is -1.24. The van der Waals surface area contributed by atoms with Crippen LogP contribution in [0, 0.1) is 6.92 Å². The number of fused-ring (bicyclic) bond motifs is 1. The first-order chi connectivity index (χ1) is 12.0. The van der Waals surface area contributed by atoms with Crippen molar-refractivity contribution in [1.29, 1.82) is 0 Å². The second kappa shape index (κ2) is 7.98. The van der Waals surface area contributed by atoms with Crippen molar-refractivity contribution in [2.24, 2.45) is 0 Å². The fourth-order valence-electron chi connectivity index (χ4n) is 2.83. The number of carbonyl (C=O) groups is 1. The van der Waals surface area contributed by atoms with Gasteiger partial charge in [0, 0.05) is 18.0 Å². The van der Waals surface area contributed by atoms with Gasteiger partial charge in [-0.3, -0.25) is 9.69 Å². The standard InChI is InChI=1S/C19H22N2OS3/c1-4-6-11-21-18(22)15(25-19(21)23)9-10-17-20(5-2)14-8-7-13(3)12-16(14)24-17/h7-10,12H,4-6,11H2,1-3H3/b15-9-,17-10+. The summed E-state index contributed by atoms with van der Waals surface area (Å²) in [4.78, 5) is 18.5. The molecule has 0 radical (unpaired) electrons. The van der Waals surface area contributed by atoms with E-state index < -0.39 is 0 Å². The SMILES string of the molecule is CCCCN1C(=O)/C(=C/C=C2/Sc3cc(C)ccc3N2CC)SC1=S. The first-order valence-electron chi connectivity index (χ1n) is 8.56. The highest BCUT2D eigenvalue weighted by Crippen LogP contribution is 2.46. The predicted molar refractivity (Wildman–Crippen MR) is 113 cm³/mol. The summed E-state index contributed by atoms with van der Waals surface area (Å²) in [7, 11) is 0. The number of unbranched alkanes of at least 4 members (excludes halogenated alkanes) is 1. The van der Waals surface area contributed by atoms with E-state index in [2.05, 4.69) is 49.9 Å². The second-order valence-electron chi connectivity index (χ2n) is 6.03. The second-order valence-corrected chi connectivity index (χ2v) is 8.77. The van der Waals surface area contributed by atoms with Crippen LogP contribution in [-0.2, 0) is 4.79 Å². The van der Waals surface area contributed by atoms with Crippen LogP contribution in [0.4, 0.5) is 5.69 Å². The van der Waals surface area contributed by atoms with Crippen LogP contribution in [0.1, 0.15) is 32.3 Å². The number of amides is 1. The van der Waals surface area contributed by atoms with Gasteiger partial charge in [-0.15, -0.1) is 0 Å². The number of thioether (sulfide) groups is 2. The quantitative estimate of drug-likeness (QED) is 0.501. The van der Waals surface area contributed by atoms with Crippen LogP contribution in [0.15, 0.2) is 45.2 Å². The first-order valence-corrected chi connectivity index (χ1v) is 10.6. The van der Waals surface area contributed by atoms with E-state index in [1.165, 1.54) is 27.9 Å². The van der Waals surface area contributed by atoms with E-state index in [9.17, 15) is 4.79 Å². The van der Waals surface area contributed by atoms with Crippen LogP contribution in [0.2, 0.25) is 0 Å². The van der Waals surface area contributed by atoms with Gasteiger partial charge in [-0.05, 0) is 50.1 Å². The number of hydrogen-bond acceptors (Lipinski definition) is 5. The van der Waals surface area contributed by atoms with Crippen LogP contribution in [0.25, 0.3) is 0 Å². The summed E-state index contributed by atoms with van der Waals surface area (Å²) in [5, 5.41) is 1.15. The van der Waals surface area contributed by atoms with E-state index in [4.69, 9.17) is 12.2 Å². The minimum atomic E-state index is 0.0414. The van der Waals surface area contributed by atoms with Crippen molar-refractivity contribution in [1.82, 2.24) is 4.90 Å². The third-order valence-electron chi connectivity index (χ3n) is 4.19. The molecule has 3 nitrogen and oxygen atoms in total. The normalized spacial score (nSPS) is 20.3. The fourth-order valence-corrected chi connectivity index (χ4v) is 5.31. The molecule has 0 N–H and O–H groups in total. The van der Waals surface area contributed by atoms with Gasteiger partial charge >= 0.3 is 0 Å². The number of aryl methyl sites for hydroxylation is 1. The molecule has 0 bridgehead atoms. The molecule has 132 valence electrons. The van der Waals surface area contributed by atoms with Crippen molar-refractivity contribution in [2.45, 2.75) is 38.5 Å². The Labute approximate surface area is 163 Å². The van der Waals surface area contributed by atoms with Crippen LogP contribution in [0.5, 0.6) is 0 Å². The molecule has 1 aromatic carbocycles. The number of allylic oxidation sites excluding steroid dienone is 2. The molecule has 2 aliphatic heterocycles. The van der Waals surface area contributed by atoms with E-state index >= 15 is 0 Å². The summed E-state index contributed by atoms with van der Waals surface area (Å²) in [6, 6.07) is 6.53. The summed E-state index contributed by atoms with van der Waals surface area (Å²) < 4.78 is 0.674. The largest absolute Gasteiger partial charge is 0.335 e. The van der Waals surface area contributed by atoms with Gasteiger partial charge in [-0.25, -0.2) is 0 Å². The molecule has 0 aromatic heterocycles. The van der Waals surface area contributed by atoms with Crippen molar-refractivity contribution in [2.75, 3.05) is 18.0 Å².